The molecule has 2 aromatic carbocycles. The molecule has 2 heterocycles. The monoisotopic (exact) mass is 373 g/mol. The van der Waals surface area contributed by atoms with E-state index < -0.39 is 6.04 Å². The van der Waals surface area contributed by atoms with E-state index in [0.29, 0.717) is 18.7 Å². The van der Waals surface area contributed by atoms with Gasteiger partial charge in [0.15, 0.2) is 0 Å². The van der Waals surface area contributed by atoms with E-state index in [2.05, 4.69) is 5.10 Å². The summed E-state index contributed by atoms with van der Waals surface area (Å²) in [4.78, 5) is 27.7. The number of aromatic nitrogens is 2. The van der Waals surface area contributed by atoms with Gasteiger partial charge in [-0.3, -0.25) is 9.59 Å². The van der Waals surface area contributed by atoms with Gasteiger partial charge >= 0.3 is 0 Å². The van der Waals surface area contributed by atoms with Crippen molar-refractivity contribution in [3.05, 3.63) is 82.1 Å². The molecule has 5 nitrogen and oxygen atoms in total. The van der Waals surface area contributed by atoms with Gasteiger partial charge < -0.3 is 4.90 Å². The molecule has 0 fully saturated rings. The van der Waals surface area contributed by atoms with Crippen molar-refractivity contribution in [3.8, 4) is 11.3 Å². The first-order valence-electron chi connectivity index (χ1n) is 9.64. The highest BCUT2D eigenvalue weighted by Crippen LogP contribution is 2.30. The zero-order valence-electron chi connectivity index (χ0n) is 16.1. The van der Waals surface area contributed by atoms with E-state index in [1.165, 1.54) is 16.3 Å². The number of hydrogen-bond acceptors (Lipinski definition) is 3. The topological polar surface area (TPSA) is 55.2 Å². The maximum absolute atomic E-state index is 13.3. The summed E-state index contributed by atoms with van der Waals surface area (Å²) in [5.74, 6) is -0.0805. The Balaban J connectivity index is 1.70. The normalized spacial score (nSPS) is 14.0. The highest BCUT2D eigenvalue weighted by molar-refractivity contribution is 5.97. The molecule has 1 unspecified atom stereocenters. The van der Waals surface area contributed by atoms with Crippen LogP contribution in [0.5, 0.6) is 0 Å². The minimum absolute atomic E-state index is 0.0805. The first-order chi connectivity index (χ1) is 13.6. The Hall–Kier alpha value is -3.21. The van der Waals surface area contributed by atoms with Crippen molar-refractivity contribution in [2.75, 3.05) is 11.4 Å². The predicted octanol–water partition coefficient (Wildman–Crippen LogP) is 3.76. The van der Waals surface area contributed by atoms with Gasteiger partial charge in [0.1, 0.15) is 6.04 Å². The molecule has 5 heteroatoms. The number of hydrogen-bond donors (Lipinski definition) is 0. The van der Waals surface area contributed by atoms with Crippen LogP contribution in [0.4, 0.5) is 5.69 Å². The molecule has 1 aromatic heterocycles. The van der Waals surface area contributed by atoms with E-state index in [1.54, 1.807) is 11.0 Å². The summed E-state index contributed by atoms with van der Waals surface area (Å²) >= 11 is 0. The van der Waals surface area contributed by atoms with Crippen molar-refractivity contribution in [1.82, 2.24) is 9.78 Å². The third-order valence-electron chi connectivity index (χ3n) is 5.29. The van der Waals surface area contributed by atoms with Crippen molar-refractivity contribution in [2.24, 2.45) is 0 Å². The fourth-order valence-corrected chi connectivity index (χ4v) is 3.73. The lowest BCUT2D eigenvalue weighted by molar-refractivity contribution is -0.122. The average Bonchev–Trinajstić information content (AvgIpc) is 3.14. The van der Waals surface area contributed by atoms with Crippen LogP contribution in [0.2, 0.25) is 0 Å². The molecule has 0 N–H and O–H groups in total. The van der Waals surface area contributed by atoms with Crippen molar-refractivity contribution in [3.63, 3.8) is 0 Å². The number of rotatable bonds is 4. The number of para-hydroxylation sites is 1. The van der Waals surface area contributed by atoms with Gasteiger partial charge in [0.2, 0.25) is 0 Å². The van der Waals surface area contributed by atoms with Crippen LogP contribution in [0, 0.1) is 6.92 Å². The van der Waals surface area contributed by atoms with E-state index in [1.807, 2.05) is 62.4 Å². The van der Waals surface area contributed by atoms with Gasteiger partial charge in [-0.2, -0.15) is 5.10 Å². The van der Waals surface area contributed by atoms with Crippen LogP contribution >= 0.6 is 0 Å². The smallest absolute Gasteiger partial charge is 0.267 e. The standard InChI is InChI=1S/C23H23N3O2/c1-3-20(23(28)25-15-14-18-6-4-5-7-21(18)25)26-22(27)13-12-19(24-26)17-10-8-16(2)9-11-17/h4-13,20H,3,14-15H2,1-2H3. The summed E-state index contributed by atoms with van der Waals surface area (Å²) < 4.78 is 1.35. The van der Waals surface area contributed by atoms with Crippen LogP contribution < -0.4 is 10.5 Å². The Kier molecular flexibility index (Phi) is 4.82. The van der Waals surface area contributed by atoms with Gasteiger partial charge in [-0.05, 0) is 37.5 Å². The number of anilines is 1. The zero-order valence-corrected chi connectivity index (χ0v) is 16.1. The molecule has 1 aliphatic heterocycles. The molecule has 142 valence electrons. The number of fused-ring (bicyclic) bond motifs is 1. The highest BCUT2D eigenvalue weighted by atomic mass is 16.2. The summed E-state index contributed by atoms with van der Waals surface area (Å²) in [7, 11) is 0. The number of carbonyl (C=O) groups is 1. The minimum Gasteiger partial charge on any atom is -0.310 e. The Morgan fingerprint density at radius 2 is 1.82 bits per heavy atom. The Bertz CT molecular complexity index is 1070. The molecular weight excluding hydrogens is 350 g/mol. The third-order valence-corrected chi connectivity index (χ3v) is 5.29. The molecular formula is C23H23N3O2. The molecule has 0 spiro atoms. The maximum atomic E-state index is 13.3. The van der Waals surface area contributed by atoms with Gasteiger partial charge in [-0.1, -0.05) is 55.0 Å². The summed E-state index contributed by atoms with van der Waals surface area (Å²) in [5, 5.41) is 4.55. The largest absolute Gasteiger partial charge is 0.310 e. The van der Waals surface area contributed by atoms with Crippen molar-refractivity contribution < 1.29 is 4.79 Å². The van der Waals surface area contributed by atoms with Crippen molar-refractivity contribution in [2.45, 2.75) is 32.7 Å². The van der Waals surface area contributed by atoms with Crippen molar-refractivity contribution in [1.29, 1.82) is 0 Å². The second-order valence-electron chi connectivity index (χ2n) is 7.16. The van der Waals surface area contributed by atoms with Crippen LogP contribution in [0.1, 0.15) is 30.5 Å². The molecule has 3 aromatic rings. The zero-order chi connectivity index (χ0) is 19.7. The number of nitrogens with zero attached hydrogens (tertiary/aromatic N) is 3. The lowest BCUT2D eigenvalue weighted by Gasteiger charge is -2.24. The number of amides is 1. The van der Waals surface area contributed by atoms with Crippen LogP contribution in [-0.4, -0.2) is 22.2 Å². The molecule has 0 aliphatic carbocycles. The SMILES string of the molecule is CCC(C(=O)N1CCc2ccccc21)n1nc(-c2ccc(C)cc2)ccc1=O. The first kappa shape index (κ1) is 18.2. The molecule has 0 saturated carbocycles. The molecule has 4 rings (SSSR count). The second-order valence-corrected chi connectivity index (χ2v) is 7.16. The number of benzene rings is 2. The molecule has 0 radical (unpaired) electrons. The molecule has 1 aliphatic rings. The van der Waals surface area contributed by atoms with Crippen LogP contribution in [0.25, 0.3) is 11.3 Å². The van der Waals surface area contributed by atoms with E-state index >= 15 is 0 Å². The lowest BCUT2D eigenvalue weighted by atomic mass is 10.1. The summed E-state index contributed by atoms with van der Waals surface area (Å²) in [6.45, 7) is 4.58. The number of aryl methyl sites for hydroxylation is 1. The maximum Gasteiger partial charge on any atom is 0.267 e. The second kappa shape index (κ2) is 7.43. The lowest BCUT2D eigenvalue weighted by Crippen LogP contribution is -2.40. The van der Waals surface area contributed by atoms with Gasteiger partial charge in [0.25, 0.3) is 11.5 Å². The van der Waals surface area contributed by atoms with Crippen LogP contribution in [0.3, 0.4) is 0 Å². The molecule has 0 saturated heterocycles. The van der Waals surface area contributed by atoms with E-state index in [-0.39, 0.29) is 11.5 Å². The molecule has 1 amide bonds. The molecule has 0 bridgehead atoms. The molecule has 28 heavy (non-hydrogen) atoms. The first-order valence-corrected chi connectivity index (χ1v) is 9.64. The van der Waals surface area contributed by atoms with E-state index in [4.69, 9.17) is 0 Å². The summed E-state index contributed by atoms with van der Waals surface area (Å²) in [6.07, 6.45) is 1.34. The Morgan fingerprint density at radius 1 is 1.07 bits per heavy atom. The Morgan fingerprint density at radius 3 is 2.57 bits per heavy atom. The van der Waals surface area contributed by atoms with Gasteiger partial charge in [0, 0.05) is 23.9 Å². The van der Waals surface area contributed by atoms with Gasteiger partial charge in [-0.25, -0.2) is 4.68 Å². The van der Waals surface area contributed by atoms with E-state index in [0.717, 1.165) is 23.2 Å². The number of carbonyl (C=O) groups excluding carboxylic acids is 1. The van der Waals surface area contributed by atoms with Gasteiger partial charge in [0.05, 0.1) is 5.69 Å². The summed E-state index contributed by atoms with van der Waals surface area (Å²) in [5.41, 5.74) is 4.61. The van der Waals surface area contributed by atoms with E-state index in [9.17, 15) is 9.59 Å². The third kappa shape index (κ3) is 3.24. The average molecular weight is 373 g/mol. The van der Waals surface area contributed by atoms with Crippen LogP contribution in [0.15, 0.2) is 65.5 Å². The summed E-state index contributed by atoms with van der Waals surface area (Å²) in [6, 6.07) is 18.5. The van der Waals surface area contributed by atoms with Crippen molar-refractivity contribution >= 4 is 11.6 Å². The molecule has 1 atom stereocenters. The van der Waals surface area contributed by atoms with Gasteiger partial charge in [-0.15, -0.1) is 0 Å². The quantitative estimate of drug-likeness (QED) is 0.700. The minimum atomic E-state index is -0.621. The fraction of sp³-hybridized carbons (Fsp3) is 0.261. The Labute approximate surface area is 164 Å². The fourth-order valence-electron chi connectivity index (χ4n) is 3.73. The predicted molar refractivity (Wildman–Crippen MR) is 110 cm³/mol. The highest BCUT2D eigenvalue weighted by Gasteiger charge is 2.31. The van der Waals surface area contributed by atoms with Crippen LogP contribution in [-0.2, 0) is 11.2 Å².